The molecule has 3 N–H and O–H groups in total. The van der Waals surface area contributed by atoms with Gasteiger partial charge in [-0.15, -0.1) is 0 Å². The van der Waals surface area contributed by atoms with Crippen molar-refractivity contribution < 1.29 is 0 Å². The summed E-state index contributed by atoms with van der Waals surface area (Å²) in [4.78, 5) is 35.7. The molecule has 0 bridgehead atoms. The maximum atomic E-state index is 12.0. The van der Waals surface area contributed by atoms with Crippen LogP contribution in [0, 0.1) is 4.77 Å². The van der Waals surface area contributed by atoms with E-state index < -0.39 is 5.56 Å². The van der Waals surface area contributed by atoms with Crippen LogP contribution >= 0.6 is 12.2 Å². The van der Waals surface area contributed by atoms with Crippen molar-refractivity contribution in [2.45, 2.75) is 6.42 Å². The van der Waals surface area contributed by atoms with Gasteiger partial charge in [0.1, 0.15) is 11.3 Å². The monoisotopic (exact) mass is 286 g/mol. The van der Waals surface area contributed by atoms with Gasteiger partial charge in [0.25, 0.3) is 11.1 Å². The lowest BCUT2D eigenvalue weighted by atomic mass is 10.1. The molecule has 0 saturated heterocycles. The Morgan fingerprint density at radius 1 is 1.00 bits per heavy atom. The lowest BCUT2D eigenvalue weighted by Crippen LogP contribution is -2.20. The molecule has 3 aromatic rings. The Balaban J connectivity index is 2.18. The van der Waals surface area contributed by atoms with Crippen LogP contribution in [0.4, 0.5) is 0 Å². The maximum absolute atomic E-state index is 12.0. The van der Waals surface area contributed by atoms with Crippen LogP contribution in [0.15, 0.2) is 39.9 Å². The van der Waals surface area contributed by atoms with Crippen LogP contribution in [0.1, 0.15) is 11.3 Å². The summed E-state index contributed by atoms with van der Waals surface area (Å²) in [6.45, 7) is 0. The molecule has 0 aliphatic heterocycles. The summed E-state index contributed by atoms with van der Waals surface area (Å²) in [7, 11) is 0. The Morgan fingerprint density at radius 3 is 2.50 bits per heavy atom. The van der Waals surface area contributed by atoms with Gasteiger partial charge in [-0.25, -0.2) is 4.98 Å². The molecule has 2 heterocycles. The molecule has 0 fully saturated rings. The molecule has 0 aliphatic rings. The highest BCUT2D eigenvalue weighted by Crippen LogP contribution is 2.05. The second-order valence-electron chi connectivity index (χ2n) is 4.31. The predicted octanol–water partition coefficient (Wildman–Crippen LogP) is 1.26. The molecule has 7 heteroatoms. The summed E-state index contributed by atoms with van der Waals surface area (Å²) in [5, 5.41) is 0. The van der Waals surface area contributed by atoms with Crippen molar-refractivity contribution in [1.29, 1.82) is 0 Å². The van der Waals surface area contributed by atoms with Crippen molar-refractivity contribution >= 4 is 23.4 Å². The average Bonchev–Trinajstić information content (AvgIpc) is 2.41. The topological polar surface area (TPSA) is 94.4 Å². The summed E-state index contributed by atoms with van der Waals surface area (Å²) < 4.78 is 0.149. The fourth-order valence-corrected chi connectivity index (χ4v) is 2.15. The number of nitrogens with zero attached hydrogens (tertiary/aromatic N) is 1. The lowest BCUT2D eigenvalue weighted by Gasteiger charge is -2.02. The van der Waals surface area contributed by atoms with Gasteiger partial charge in [0, 0.05) is 6.42 Å². The third kappa shape index (κ3) is 2.30. The first-order valence-corrected chi connectivity index (χ1v) is 6.34. The number of benzene rings is 1. The zero-order valence-electron chi connectivity index (χ0n) is 10.3. The zero-order chi connectivity index (χ0) is 14.1. The van der Waals surface area contributed by atoms with Gasteiger partial charge in [-0.3, -0.25) is 14.6 Å². The molecule has 0 unspecified atom stereocenters. The SMILES string of the molecule is O=c1[nH]c2[nH]c(=S)[nH]c(=O)c2nc1Cc1ccccc1. The Hall–Kier alpha value is -2.54. The second kappa shape index (κ2) is 4.86. The highest BCUT2D eigenvalue weighted by Gasteiger charge is 2.08. The molecule has 6 nitrogen and oxygen atoms in total. The number of nitrogens with one attached hydrogen (secondary N) is 3. The van der Waals surface area contributed by atoms with E-state index in [1.165, 1.54) is 0 Å². The van der Waals surface area contributed by atoms with Gasteiger partial charge < -0.3 is 9.97 Å². The van der Waals surface area contributed by atoms with Gasteiger partial charge in [0.05, 0.1) is 0 Å². The van der Waals surface area contributed by atoms with Crippen LogP contribution in [0.25, 0.3) is 11.2 Å². The van der Waals surface area contributed by atoms with Crippen molar-refractivity contribution in [1.82, 2.24) is 19.9 Å². The molecule has 0 radical (unpaired) electrons. The molecule has 0 atom stereocenters. The predicted molar refractivity (Wildman–Crippen MR) is 77.4 cm³/mol. The van der Waals surface area contributed by atoms with Crippen molar-refractivity contribution in [2.75, 3.05) is 0 Å². The van der Waals surface area contributed by atoms with E-state index in [1.54, 1.807) is 0 Å². The highest BCUT2D eigenvalue weighted by atomic mass is 32.1. The number of rotatable bonds is 2. The Bertz CT molecular complexity index is 940. The standard InChI is InChI=1S/C13H10N4O2S/c18-11-8(6-7-4-2-1-3-5-7)14-9-10(15-11)16-13(20)17-12(9)19/h1-5H,6H2,(H3,15,16,17,18,19,20). The van der Waals surface area contributed by atoms with E-state index in [9.17, 15) is 9.59 Å². The number of hydrogen-bond acceptors (Lipinski definition) is 4. The van der Waals surface area contributed by atoms with E-state index in [2.05, 4.69) is 19.9 Å². The number of aromatic nitrogens is 4. The first-order chi connectivity index (χ1) is 9.63. The molecule has 0 aliphatic carbocycles. The van der Waals surface area contributed by atoms with Crippen LogP contribution < -0.4 is 11.1 Å². The van der Waals surface area contributed by atoms with Crippen molar-refractivity contribution in [3.05, 3.63) is 67.1 Å². The third-order valence-electron chi connectivity index (χ3n) is 2.88. The lowest BCUT2D eigenvalue weighted by molar-refractivity contribution is 0.992. The molecular formula is C13H10N4O2S. The fraction of sp³-hybridized carbons (Fsp3) is 0.0769. The van der Waals surface area contributed by atoms with Gasteiger partial charge in [-0.1, -0.05) is 30.3 Å². The van der Waals surface area contributed by atoms with Gasteiger partial charge in [-0.05, 0) is 17.8 Å². The molecule has 0 spiro atoms. The van der Waals surface area contributed by atoms with Crippen molar-refractivity contribution in [3.63, 3.8) is 0 Å². The minimum atomic E-state index is -0.422. The fourth-order valence-electron chi connectivity index (χ4n) is 1.96. The van der Waals surface area contributed by atoms with E-state index >= 15 is 0 Å². The first-order valence-electron chi connectivity index (χ1n) is 5.93. The van der Waals surface area contributed by atoms with Crippen LogP contribution in [0.2, 0.25) is 0 Å². The number of fused-ring (bicyclic) bond motifs is 1. The van der Waals surface area contributed by atoms with E-state index in [0.29, 0.717) is 12.1 Å². The van der Waals surface area contributed by atoms with Gasteiger partial charge in [0.15, 0.2) is 10.3 Å². The molecule has 100 valence electrons. The van der Waals surface area contributed by atoms with E-state index in [-0.39, 0.29) is 21.5 Å². The van der Waals surface area contributed by atoms with Crippen LogP contribution in [-0.4, -0.2) is 19.9 Å². The van der Waals surface area contributed by atoms with Gasteiger partial charge in [0.2, 0.25) is 0 Å². The minimum absolute atomic E-state index is 0.143. The molecule has 1 aromatic carbocycles. The number of aromatic amines is 3. The van der Waals surface area contributed by atoms with Crippen LogP contribution in [0.5, 0.6) is 0 Å². The zero-order valence-corrected chi connectivity index (χ0v) is 11.1. The molecule has 2 aromatic heterocycles. The normalized spacial score (nSPS) is 10.8. The summed E-state index contributed by atoms with van der Waals surface area (Å²) in [5.74, 6) is 0. The third-order valence-corrected chi connectivity index (χ3v) is 3.08. The van der Waals surface area contributed by atoms with Gasteiger partial charge >= 0.3 is 0 Å². The molecular weight excluding hydrogens is 276 g/mol. The van der Waals surface area contributed by atoms with E-state index in [4.69, 9.17) is 12.2 Å². The number of hydrogen-bond donors (Lipinski definition) is 3. The second-order valence-corrected chi connectivity index (χ2v) is 4.72. The minimum Gasteiger partial charge on any atom is -0.317 e. The molecule has 20 heavy (non-hydrogen) atoms. The van der Waals surface area contributed by atoms with E-state index in [0.717, 1.165) is 5.56 Å². The Labute approximate surface area is 117 Å². The largest absolute Gasteiger partial charge is 0.317 e. The van der Waals surface area contributed by atoms with Crippen molar-refractivity contribution in [2.24, 2.45) is 0 Å². The molecule has 0 amide bonds. The quantitative estimate of drug-likeness (QED) is 0.618. The van der Waals surface area contributed by atoms with E-state index in [1.807, 2.05) is 30.3 Å². The van der Waals surface area contributed by atoms with Crippen LogP contribution in [-0.2, 0) is 6.42 Å². The maximum Gasteiger partial charge on any atom is 0.279 e. The summed E-state index contributed by atoms with van der Waals surface area (Å²) >= 11 is 4.85. The molecule has 0 saturated carbocycles. The summed E-state index contributed by atoms with van der Waals surface area (Å²) in [5.41, 5.74) is 0.862. The Kier molecular flexibility index (Phi) is 3.03. The van der Waals surface area contributed by atoms with Crippen molar-refractivity contribution in [3.8, 4) is 0 Å². The first kappa shape index (κ1) is 12.5. The Morgan fingerprint density at radius 2 is 1.75 bits per heavy atom. The summed E-state index contributed by atoms with van der Waals surface area (Å²) in [6.07, 6.45) is 0.362. The summed E-state index contributed by atoms with van der Waals surface area (Å²) in [6, 6.07) is 9.46. The molecule has 3 rings (SSSR count). The number of H-pyrrole nitrogens is 3. The van der Waals surface area contributed by atoms with Gasteiger partial charge in [-0.2, -0.15) is 0 Å². The van der Waals surface area contributed by atoms with Crippen LogP contribution in [0.3, 0.4) is 0 Å². The highest BCUT2D eigenvalue weighted by molar-refractivity contribution is 7.71. The smallest absolute Gasteiger partial charge is 0.279 e. The average molecular weight is 286 g/mol.